The molecule has 50 valence electrons. The molecule has 0 aliphatic rings. The molecule has 0 saturated heterocycles. The summed E-state index contributed by atoms with van der Waals surface area (Å²) in [7, 11) is 0. The van der Waals surface area contributed by atoms with Gasteiger partial charge in [0.25, 0.3) is 0 Å². The summed E-state index contributed by atoms with van der Waals surface area (Å²) in [4.78, 5) is 3.99. The lowest BCUT2D eigenvalue weighted by molar-refractivity contribution is 0.553. The van der Waals surface area contributed by atoms with Crippen molar-refractivity contribution in [3.63, 3.8) is 0 Å². The van der Waals surface area contributed by atoms with Crippen molar-refractivity contribution >= 4 is 0 Å². The van der Waals surface area contributed by atoms with E-state index >= 15 is 0 Å². The number of rotatable bonds is 2. The van der Waals surface area contributed by atoms with Gasteiger partial charge >= 0.3 is 0 Å². The van der Waals surface area contributed by atoms with Crippen LogP contribution in [-0.4, -0.2) is 4.98 Å². The Hall–Kier alpha value is -0.790. The van der Waals surface area contributed by atoms with Gasteiger partial charge in [-0.05, 0) is 12.3 Å². The molecule has 0 radical (unpaired) electrons. The first kappa shape index (κ1) is 6.33. The summed E-state index contributed by atoms with van der Waals surface area (Å²) in [6, 6.07) is 0. The Morgan fingerprint density at radius 2 is 2.44 bits per heavy atom. The highest BCUT2D eigenvalue weighted by molar-refractivity contribution is 4.91. The van der Waals surface area contributed by atoms with Gasteiger partial charge in [0.2, 0.25) is 0 Å². The topological polar surface area (TPSA) is 26.0 Å². The van der Waals surface area contributed by atoms with Gasteiger partial charge in [-0.3, -0.25) is 0 Å². The van der Waals surface area contributed by atoms with E-state index in [0.29, 0.717) is 5.92 Å². The van der Waals surface area contributed by atoms with E-state index in [1.807, 2.05) is 0 Å². The first-order valence-electron chi connectivity index (χ1n) is 3.16. The van der Waals surface area contributed by atoms with Crippen LogP contribution in [0.3, 0.4) is 0 Å². The van der Waals surface area contributed by atoms with Crippen LogP contribution < -0.4 is 0 Å². The highest BCUT2D eigenvalue weighted by Gasteiger charge is 1.98. The molecular weight excluding hydrogens is 114 g/mol. The van der Waals surface area contributed by atoms with Crippen LogP contribution in [0, 0.1) is 5.92 Å². The molecule has 1 rings (SSSR count). The van der Waals surface area contributed by atoms with E-state index in [4.69, 9.17) is 4.42 Å². The summed E-state index contributed by atoms with van der Waals surface area (Å²) in [5.41, 5.74) is 1.05. The molecular formula is C7H11NO. The van der Waals surface area contributed by atoms with Crippen LogP contribution in [0.1, 0.15) is 19.5 Å². The van der Waals surface area contributed by atoms with Gasteiger partial charge in [-0.15, -0.1) is 0 Å². The second-order valence-electron chi connectivity index (χ2n) is 2.58. The maximum atomic E-state index is 4.80. The Bertz CT molecular complexity index is 155. The number of hydrogen-bond donors (Lipinski definition) is 0. The van der Waals surface area contributed by atoms with Crippen molar-refractivity contribution in [2.24, 2.45) is 5.92 Å². The second kappa shape index (κ2) is 2.67. The van der Waals surface area contributed by atoms with Crippen LogP contribution in [0.25, 0.3) is 0 Å². The minimum Gasteiger partial charge on any atom is -0.451 e. The number of oxazole rings is 1. The van der Waals surface area contributed by atoms with Gasteiger partial charge in [0.15, 0.2) is 6.39 Å². The summed E-state index contributed by atoms with van der Waals surface area (Å²) in [5, 5.41) is 0. The third-order valence-corrected chi connectivity index (χ3v) is 1.10. The Morgan fingerprint density at radius 1 is 1.67 bits per heavy atom. The Kier molecular flexibility index (Phi) is 1.88. The zero-order valence-electron chi connectivity index (χ0n) is 5.79. The molecule has 0 amide bonds. The molecule has 0 N–H and O–H groups in total. The van der Waals surface area contributed by atoms with E-state index in [1.54, 1.807) is 6.26 Å². The first-order valence-corrected chi connectivity index (χ1v) is 3.16. The minimum absolute atomic E-state index is 0.662. The van der Waals surface area contributed by atoms with Crippen LogP contribution in [0.4, 0.5) is 0 Å². The zero-order chi connectivity index (χ0) is 6.69. The average molecular weight is 125 g/mol. The summed E-state index contributed by atoms with van der Waals surface area (Å²) >= 11 is 0. The summed E-state index contributed by atoms with van der Waals surface area (Å²) in [6.07, 6.45) is 4.17. The monoisotopic (exact) mass is 125 g/mol. The minimum atomic E-state index is 0.662. The van der Waals surface area contributed by atoms with Crippen molar-refractivity contribution in [2.75, 3.05) is 0 Å². The molecule has 1 heterocycles. The lowest BCUT2D eigenvalue weighted by Crippen LogP contribution is -1.92. The van der Waals surface area contributed by atoms with Crippen molar-refractivity contribution in [3.05, 3.63) is 18.4 Å². The van der Waals surface area contributed by atoms with Crippen molar-refractivity contribution in [3.8, 4) is 0 Å². The van der Waals surface area contributed by atoms with E-state index in [2.05, 4.69) is 18.8 Å². The lowest BCUT2D eigenvalue weighted by Gasteiger charge is -1.96. The fourth-order valence-electron chi connectivity index (χ4n) is 0.757. The van der Waals surface area contributed by atoms with E-state index in [1.165, 1.54) is 6.39 Å². The van der Waals surface area contributed by atoms with Gasteiger partial charge in [-0.25, -0.2) is 4.98 Å². The normalized spacial score (nSPS) is 10.6. The quantitative estimate of drug-likeness (QED) is 0.603. The van der Waals surface area contributed by atoms with Crippen LogP contribution >= 0.6 is 0 Å². The Morgan fingerprint density at radius 3 is 2.89 bits per heavy atom. The molecule has 0 aliphatic carbocycles. The second-order valence-corrected chi connectivity index (χ2v) is 2.58. The maximum Gasteiger partial charge on any atom is 0.180 e. The molecule has 0 fully saturated rings. The zero-order valence-corrected chi connectivity index (χ0v) is 5.79. The van der Waals surface area contributed by atoms with Crippen LogP contribution in [0.15, 0.2) is 17.1 Å². The van der Waals surface area contributed by atoms with Crippen molar-refractivity contribution < 1.29 is 4.42 Å². The summed E-state index contributed by atoms with van der Waals surface area (Å²) in [5.74, 6) is 0.662. The SMILES string of the molecule is CC(C)Cc1cocn1. The molecule has 2 heteroatoms. The largest absolute Gasteiger partial charge is 0.451 e. The Balaban J connectivity index is 2.48. The van der Waals surface area contributed by atoms with Gasteiger partial charge in [0, 0.05) is 0 Å². The molecule has 0 aliphatic heterocycles. The van der Waals surface area contributed by atoms with Crippen LogP contribution in [0.5, 0.6) is 0 Å². The predicted molar refractivity (Wildman–Crippen MR) is 35.0 cm³/mol. The standard InChI is InChI=1S/C7H11NO/c1-6(2)3-7-4-9-5-8-7/h4-6H,3H2,1-2H3. The highest BCUT2D eigenvalue weighted by Crippen LogP contribution is 2.03. The van der Waals surface area contributed by atoms with Crippen molar-refractivity contribution in [1.82, 2.24) is 4.98 Å². The van der Waals surface area contributed by atoms with Gasteiger partial charge < -0.3 is 4.42 Å². The van der Waals surface area contributed by atoms with Crippen LogP contribution in [0.2, 0.25) is 0 Å². The first-order chi connectivity index (χ1) is 4.29. The number of aromatic nitrogens is 1. The third-order valence-electron chi connectivity index (χ3n) is 1.10. The Labute approximate surface area is 54.9 Å². The molecule has 1 aromatic rings. The lowest BCUT2D eigenvalue weighted by atomic mass is 10.1. The van der Waals surface area contributed by atoms with E-state index in [0.717, 1.165) is 12.1 Å². The molecule has 2 nitrogen and oxygen atoms in total. The molecule has 0 spiro atoms. The summed E-state index contributed by atoms with van der Waals surface area (Å²) < 4.78 is 4.80. The van der Waals surface area contributed by atoms with E-state index in [9.17, 15) is 0 Å². The summed E-state index contributed by atoms with van der Waals surface area (Å²) in [6.45, 7) is 4.32. The van der Waals surface area contributed by atoms with Crippen molar-refractivity contribution in [1.29, 1.82) is 0 Å². The molecule has 1 aromatic heterocycles. The number of hydrogen-bond acceptors (Lipinski definition) is 2. The van der Waals surface area contributed by atoms with E-state index in [-0.39, 0.29) is 0 Å². The van der Waals surface area contributed by atoms with Gasteiger partial charge in [-0.2, -0.15) is 0 Å². The fourth-order valence-corrected chi connectivity index (χ4v) is 0.757. The van der Waals surface area contributed by atoms with Crippen molar-refractivity contribution in [2.45, 2.75) is 20.3 Å². The average Bonchev–Trinajstić information content (AvgIpc) is 2.15. The third kappa shape index (κ3) is 1.88. The molecule has 0 unspecified atom stereocenters. The molecule has 0 aromatic carbocycles. The molecule has 0 saturated carbocycles. The fraction of sp³-hybridized carbons (Fsp3) is 0.571. The molecule has 0 bridgehead atoms. The predicted octanol–water partition coefficient (Wildman–Crippen LogP) is 1.87. The van der Waals surface area contributed by atoms with Gasteiger partial charge in [0.05, 0.1) is 5.69 Å². The van der Waals surface area contributed by atoms with Gasteiger partial charge in [-0.1, -0.05) is 13.8 Å². The number of nitrogens with zero attached hydrogens (tertiary/aromatic N) is 1. The molecule has 9 heavy (non-hydrogen) atoms. The molecule has 0 atom stereocenters. The van der Waals surface area contributed by atoms with Crippen LogP contribution in [-0.2, 0) is 6.42 Å². The van der Waals surface area contributed by atoms with Gasteiger partial charge in [0.1, 0.15) is 6.26 Å². The van der Waals surface area contributed by atoms with E-state index < -0.39 is 0 Å². The highest BCUT2D eigenvalue weighted by atomic mass is 16.3. The smallest absolute Gasteiger partial charge is 0.180 e. The maximum absolute atomic E-state index is 4.80.